The van der Waals surface area contributed by atoms with Crippen molar-refractivity contribution in [2.24, 2.45) is 11.8 Å². The molecule has 1 N–H and O–H groups in total. The Bertz CT molecular complexity index is 383. The van der Waals surface area contributed by atoms with Gasteiger partial charge in [0, 0.05) is 32.0 Å². The van der Waals surface area contributed by atoms with Gasteiger partial charge in [0.25, 0.3) is 0 Å². The third kappa shape index (κ3) is 2.99. The number of likely N-dealkylation sites (tertiary alicyclic amines) is 1. The van der Waals surface area contributed by atoms with Crippen LogP contribution >= 0.6 is 0 Å². The van der Waals surface area contributed by atoms with E-state index in [0.717, 1.165) is 37.6 Å². The molecule has 0 aromatic rings. The van der Waals surface area contributed by atoms with Gasteiger partial charge in [-0.25, -0.2) is 0 Å². The van der Waals surface area contributed by atoms with E-state index in [1.807, 2.05) is 4.90 Å². The number of rotatable bonds is 4. The first-order chi connectivity index (χ1) is 9.74. The lowest BCUT2D eigenvalue weighted by Crippen LogP contribution is -2.41. The van der Waals surface area contributed by atoms with Crippen LogP contribution in [0.5, 0.6) is 0 Å². The Morgan fingerprint density at radius 3 is 2.90 bits per heavy atom. The van der Waals surface area contributed by atoms with E-state index in [2.05, 4.69) is 5.32 Å². The summed E-state index contributed by atoms with van der Waals surface area (Å²) < 4.78 is 0. The minimum Gasteiger partial charge on any atom is -0.353 e. The summed E-state index contributed by atoms with van der Waals surface area (Å²) in [5.41, 5.74) is 0. The van der Waals surface area contributed by atoms with Crippen LogP contribution in [0, 0.1) is 11.8 Å². The molecule has 20 heavy (non-hydrogen) atoms. The second-order valence-electron chi connectivity index (χ2n) is 6.69. The molecular formula is C16H26N2O2. The first-order valence-corrected chi connectivity index (χ1v) is 8.31. The Labute approximate surface area is 121 Å². The van der Waals surface area contributed by atoms with Crippen molar-refractivity contribution in [3.63, 3.8) is 0 Å². The summed E-state index contributed by atoms with van der Waals surface area (Å²) in [5, 5.41) is 3.23. The maximum Gasteiger partial charge on any atom is 0.222 e. The highest BCUT2D eigenvalue weighted by Gasteiger charge is 2.39. The van der Waals surface area contributed by atoms with Gasteiger partial charge >= 0.3 is 0 Å². The molecule has 0 bridgehead atoms. The lowest BCUT2D eigenvalue weighted by molar-refractivity contribution is -0.133. The van der Waals surface area contributed by atoms with E-state index in [1.165, 1.54) is 25.7 Å². The SMILES string of the molecule is O=C(CCN1CCCCC1=O)N[C@H]1CC[C@@H]2CCC[C@@H]21. The van der Waals surface area contributed by atoms with Gasteiger partial charge in [-0.3, -0.25) is 9.59 Å². The molecule has 0 aromatic carbocycles. The van der Waals surface area contributed by atoms with E-state index in [9.17, 15) is 9.59 Å². The van der Waals surface area contributed by atoms with Gasteiger partial charge in [-0.1, -0.05) is 12.8 Å². The van der Waals surface area contributed by atoms with Gasteiger partial charge in [-0.2, -0.15) is 0 Å². The number of piperidine rings is 1. The van der Waals surface area contributed by atoms with E-state index < -0.39 is 0 Å². The smallest absolute Gasteiger partial charge is 0.222 e. The van der Waals surface area contributed by atoms with Gasteiger partial charge in [0.15, 0.2) is 0 Å². The van der Waals surface area contributed by atoms with Crippen LogP contribution in [0.3, 0.4) is 0 Å². The molecule has 1 saturated heterocycles. The molecule has 1 aliphatic heterocycles. The maximum atomic E-state index is 12.1. The average Bonchev–Trinajstić information content (AvgIpc) is 3.03. The van der Waals surface area contributed by atoms with Crippen LogP contribution in [0.1, 0.15) is 57.8 Å². The Balaban J connectivity index is 1.42. The second-order valence-corrected chi connectivity index (χ2v) is 6.69. The van der Waals surface area contributed by atoms with Crippen LogP contribution in [-0.4, -0.2) is 35.8 Å². The van der Waals surface area contributed by atoms with Crippen LogP contribution in [-0.2, 0) is 9.59 Å². The Morgan fingerprint density at radius 2 is 2.05 bits per heavy atom. The van der Waals surface area contributed by atoms with Gasteiger partial charge in [-0.05, 0) is 43.9 Å². The van der Waals surface area contributed by atoms with Crippen LogP contribution in [0.4, 0.5) is 0 Å². The minimum absolute atomic E-state index is 0.140. The summed E-state index contributed by atoms with van der Waals surface area (Å²) in [4.78, 5) is 25.6. The first kappa shape index (κ1) is 13.9. The number of carbonyl (C=O) groups excluding carboxylic acids is 2. The molecule has 112 valence electrons. The fourth-order valence-corrected chi connectivity index (χ4v) is 4.35. The van der Waals surface area contributed by atoms with Crippen molar-refractivity contribution in [3.8, 4) is 0 Å². The van der Waals surface area contributed by atoms with Gasteiger partial charge in [0.1, 0.15) is 0 Å². The molecule has 0 spiro atoms. The summed E-state index contributed by atoms with van der Waals surface area (Å²) in [5.74, 6) is 1.96. The van der Waals surface area contributed by atoms with Crippen LogP contribution in [0.15, 0.2) is 0 Å². The zero-order valence-corrected chi connectivity index (χ0v) is 12.3. The number of fused-ring (bicyclic) bond motifs is 1. The highest BCUT2D eigenvalue weighted by molar-refractivity contribution is 5.79. The fourth-order valence-electron chi connectivity index (χ4n) is 4.35. The van der Waals surface area contributed by atoms with E-state index in [4.69, 9.17) is 0 Å². The predicted molar refractivity (Wildman–Crippen MR) is 77.0 cm³/mol. The van der Waals surface area contributed by atoms with E-state index in [0.29, 0.717) is 25.4 Å². The van der Waals surface area contributed by atoms with Crippen molar-refractivity contribution < 1.29 is 9.59 Å². The zero-order valence-electron chi connectivity index (χ0n) is 12.3. The number of nitrogens with zero attached hydrogens (tertiary/aromatic N) is 1. The van der Waals surface area contributed by atoms with Gasteiger partial charge in [0.05, 0.1) is 0 Å². The standard InChI is InChI=1S/C16H26N2O2/c19-15(9-11-18-10-2-1-6-16(18)20)17-14-8-7-12-4-3-5-13(12)14/h12-14H,1-11H2,(H,17,19)/t12-,13-,14-/m0/s1. The number of hydrogen-bond donors (Lipinski definition) is 1. The van der Waals surface area contributed by atoms with Crippen molar-refractivity contribution in [2.75, 3.05) is 13.1 Å². The molecule has 3 fully saturated rings. The Kier molecular flexibility index (Phi) is 4.27. The van der Waals surface area contributed by atoms with Gasteiger partial charge in [0.2, 0.25) is 11.8 Å². The second kappa shape index (κ2) is 6.15. The predicted octanol–water partition coefficient (Wildman–Crippen LogP) is 2.08. The van der Waals surface area contributed by atoms with E-state index >= 15 is 0 Å². The monoisotopic (exact) mass is 278 g/mol. The molecule has 2 saturated carbocycles. The van der Waals surface area contributed by atoms with Crippen molar-refractivity contribution in [1.29, 1.82) is 0 Å². The average molecular weight is 278 g/mol. The molecule has 1 heterocycles. The Morgan fingerprint density at radius 1 is 1.15 bits per heavy atom. The molecule has 3 atom stereocenters. The normalized spacial score (nSPS) is 33.3. The summed E-state index contributed by atoms with van der Waals surface area (Å²) in [6.07, 6.45) is 9.66. The third-order valence-corrected chi connectivity index (χ3v) is 5.46. The molecule has 4 nitrogen and oxygen atoms in total. The maximum absolute atomic E-state index is 12.1. The lowest BCUT2D eigenvalue weighted by atomic mass is 9.97. The fraction of sp³-hybridized carbons (Fsp3) is 0.875. The highest BCUT2D eigenvalue weighted by Crippen LogP contribution is 2.43. The zero-order chi connectivity index (χ0) is 13.9. The van der Waals surface area contributed by atoms with Crippen LogP contribution in [0.2, 0.25) is 0 Å². The third-order valence-electron chi connectivity index (χ3n) is 5.46. The van der Waals surface area contributed by atoms with Crippen molar-refractivity contribution in [1.82, 2.24) is 10.2 Å². The molecule has 0 radical (unpaired) electrons. The number of nitrogens with one attached hydrogen (secondary N) is 1. The topological polar surface area (TPSA) is 49.4 Å². The number of hydrogen-bond acceptors (Lipinski definition) is 2. The summed E-state index contributed by atoms with van der Waals surface area (Å²) >= 11 is 0. The van der Waals surface area contributed by atoms with Crippen molar-refractivity contribution >= 4 is 11.8 Å². The molecule has 2 amide bonds. The Hall–Kier alpha value is -1.06. The van der Waals surface area contributed by atoms with E-state index in [-0.39, 0.29) is 11.8 Å². The largest absolute Gasteiger partial charge is 0.353 e. The van der Waals surface area contributed by atoms with E-state index in [1.54, 1.807) is 0 Å². The summed E-state index contributed by atoms with van der Waals surface area (Å²) in [6, 6.07) is 0.409. The summed E-state index contributed by atoms with van der Waals surface area (Å²) in [6.45, 7) is 1.44. The van der Waals surface area contributed by atoms with Gasteiger partial charge < -0.3 is 10.2 Å². The van der Waals surface area contributed by atoms with Crippen LogP contribution < -0.4 is 5.32 Å². The molecule has 0 aromatic heterocycles. The quantitative estimate of drug-likeness (QED) is 0.856. The molecule has 3 rings (SSSR count). The first-order valence-electron chi connectivity index (χ1n) is 8.31. The lowest BCUT2D eigenvalue weighted by Gasteiger charge is -2.27. The molecule has 3 aliphatic rings. The van der Waals surface area contributed by atoms with Gasteiger partial charge in [-0.15, -0.1) is 0 Å². The molecule has 0 unspecified atom stereocenters. The van der Waals surface area contributed by atoms with Crippen LogP contribution in [0.25, 0.3) is 0 Å². The molecule has 2 aliphatic carbocycles. The summed E-state index contributed by atoms with van der Waals surface area (Å²) in [7, 11) is 0. The highest BCUT2D eigenvalue weighted by atomic mass is 16.2. The van der Waals surface area contributed by atoms with Crippen molar-refractivity contribution in [3.05, 3.63) is 0 Å². The number of carbonyl (C=O) groups is 2. The van der Waals surface area contributed by atoms with Crippen molar-refractivity contribution in [2.45, 2.75) is 63.8 Å². The number of amides is 2. The minimum atomic E-state index is 0.140. The molecular weight excluding hydrogens is 252 g/mol. The molecule has 4 heteroatoms.